The number of aliphatic hydroxyl groups is 4. The van der Waals surface area contributed by atoms with Crippen molar-refractivity contribution in [1.29, 1.82) is 0 Å². The molecule has 6 rings (SSSR count). The molecule has 0 radical (unpaired) electrons. The molecule has 10 atom stereocenters. The molecule has 0 amide bonds. The first-order valence-electron chi connectivity index (χ1n) is 17.3. The number of halogens is 12. The van der Waals surface area contributed by atoms with Crippen LogP contribution in [0.5, 0.6) is 0 Å². The first-order chi connectivity index (χ1) is 24.9. The standard InChI is InChI=1S/2C18H20F6O3/c2*19-17(20,21)16(26,18(22,23)24)8-12-6-11-7-13(12)14(25)15(11)27-9-10-4-2-1-3-5-10/h2*1-5,11-15,25-26H,6-9H2/t2*11-,12-,13-,14+,15+/m11/s1. The molecule has 4 fully saturated rings. The predicted octanol–water partition coefficient (Wildman–Crippen LogP) is 7.67. The van der Waals surface area contributed by atoms with E-state index in [9.17, 15) is 73.1 Å². The van der Waals surface area contributed by atoms with Crippen molar-refractivity contribution in [2.45, 2.75) is 112 Å². The largest absolute Gasteiger partial charge is 0.426 e. The van der Waals surface area contributed by atoms with Gasteiger partial charge < -0.3 is 29.9 Å². The number of hydrogen-bond acceptors (Lipinski definition) is 6. The zero-order valence-electron chi connectivity index (χ0n) is 28.3. The minimum atomic E-state index is -5.83. The minimum absolute atomic E-state index is 0.0512. The van der Waals surface area contributed by atoms with Crippen LogP contribution in [0.2, 0.25) is 0 Å². The van der Waals surface area contributed by atoms with Crippen LogP contribution >= 0.6 is 0 Å². The van der Waals surface area contributed by atoms with Crippen LogP contribution < -0.4 is 0 Å². The lowest BCUT2D eigenvalue weighted by Crippen LogP contribution is -2.58. The van der Waals surface area contributed by atoms with Gasteiger partial charge in [-0.3, -0.25) is 0 Å². The summed E-state index contributed by atoms with van der Waals surface area (Å²) in [4.78, 5) is 0. The number of hydrogen-bond donors (Lipinski definition) is 4. The Balaban J connectivity index is 0.000000208. The average Bonchev–Trinajstić information content (AvgIpc) is 3.82. The van der Waals surface area contributed by atoms with E-state index >= 15 is 0 Å². The number of fused-ring (bicyclic) bond motifs is 4. The molecule has 4 aliphatic rings. The number of aliphatic hydroxyl groups excluding tert-OH is 2. The summed E-state index contributed by atoms with van der Waals surface area (Å²) in [7, 11) is 0. The highest BCUT2D eigenvalue weighted by molar-refractivity contribution is 5.15. The van der Waals surface area contributed by atoms with Gasteiger partial charge in [0, 0.05) is 0 Å². The first kappa shape index (κ1) is 42.5. The predicted molar refractivity (Wildman–Crippen MR) is 165 cm³/mol. The summed E-state index contributed by atoms with van der Waals surface area (Å²) in [5.41, 5.74) is -7.83. The molecule has 6 nitrogen and oxygen atoms in total. The Morgan fingerprint density at radius 2 is 0.778 bits per heavy atom. The second-order valence-corrected chi connectivity index (χ2v) is 14.9. The van der Waals surface area contributed by atoms with Gasteiger partial charge in [-0.25, -0.2) is 0 Å². The number of rotatable bonds is 10. The Morgan fingerprint density at radius 3 is 1.04 bits per heavy atom. The highest BCUT2D eigenvalue weighted by Gasteiger charge is 2.73. The van der Waals surface area contributed by atoms with Crippen LogP contribution in [-0.4, -0.2) is 80.7 Å². The van der Waals surface area contributed by atoms with E-state index in [0.29, 0.717) is 0 Å². The van der Waals surface area contributed by atoms with Gasteiger partial charge in [0.05, 0.1) is 37.6 Å². The number of benzene rings is 2. The molecular weight excluding hydrogens is 756 g/mol. The van der Waals surface area contributed by atoms with Crippen molar-refractivity contribution in [2.24, 2.45) is 35.5 Å². The van der Waals surface area contributed by atoms with Crippen LogP contribution in [0.15, 0.2) is 60.7 Å². The minimum Gasteiger partial charge on any atom is -0.390 e. The van der Waals surface area contributed by atoms with Gasteiger partial charge in [-0.05, 0) is 85.2 Å². The van der Waals surface area contributed by atoms with E-state index in [4.69, 9.17) is 9.47 Å². The van der Waals surface area contributed by atoms with E-state index in [1.165, 1.54) is 0 Å². The van der Waals surface area contributed by atoms with E-state index in [0.717, 1.165) is 11.1 Å². The normalized spacial score (nSPS) is 31.5. The Morgan fingerprint density at radius 1 is 0.481 bits per heavy atom. The van der Waals surface area contributed by atoms with Crippen molar-refractivity contribution in [3.05, 3.63) is 71.8 Å². The molecule has 4 bridgehead atoms. The molecule has 18 heteroatoms. The van der Waals surface area contributed by atoms with Gasteiger partial charge >= 0.3 is 24.7 Å². The summed E-state index contributed by atoms with van der Waals surface area (Å²) >= 11 is 0. The third-order valence-corrected chi connectivity index (χ3v) is 11.6. The van der Waals surface area contributed by atoms with Crippen molar-refractivity contribution in [2.75, 3.05) is 0 Å². The fourth-order valence-electron chi connectivity index (χ4n) is 8.84. The second-order valence-electron chi connectivity index (χ2n) is 14.9. The van der Waals surface area contributed by atoms with Crippen molar-refractivity contribution in [3.8, 4) is 0 Å². The van der Waals surface area contributed by atoms with Crippen molar-refractivity contribution >= 4 is 0 Å². The lowest BCUT2D eigenvalue weighted by Gasteiger charge is -2.39. The van der Waals surface area contributed by atoms with Crippen molar-refractivity contribution in [3.63, 3.8) is 0 Å². The van der Waals surface area contributed by atoms with Crippen LogP contribution in [0.4, 0.5) is 52.7 Å². The molecule has 0 unspecified atom stereocenters. The Bertz CT molecular complexity index is 1370. The van der Waals surface area contributed by atoms with E-state index in [2.05, 4.69) is 0 Å². The molecule has 0 saturated heterocycles. The van der Waals surface area contributed by atoms with Gasteiger partial charge in [0.25, 0.3) is 11.2 Å². The molecule has 0 aromatic heterocycles. The van der Waals surface area contributed by atoms with E-state index in [1.54, 1.807) is 24.3 Å². The molecule has 0 heterocycles. The van der Waals surface area contributed by atoms with Gasteiger partial charge in [-0.15, -0.1) is 0 Å². The Labute approximate surface area is 302 Å². The van der Waals surface area contributed by atoms with Crippen LogP contribution in [0.1, 0.15) is 49.7 Å². The van der Waals surface area contributed by atoms with Gasteiger partial charge in [0.2, 0.25) is 0 Å². The molecule has 54 heavy (non-hydrogen) atoms. The molecule has 0 aliphatic heterocycles. The smallest absolute Gasteiger partial charge is 0.390 e. The van der Waals surface area contributed by atoms with Crippen molar-refractivity contribution < 1.29 is 82.6 Å². The fourth-order valence-corrected chi connectivity index (χ4v) is 8.84. The summed E-state index contributed by atoms with van der Waals surface area (Å²) in [6.07, 6.45) is -29.2. The zero-order valence-corrected chi connectivity index (χ0v) is 28.3. The monoisotopic (exact) mass is 796 g/mol. The molecule has 2 aromatic carbocycles. The molecule has 4 saturated carbocycles. The molecule has 4 N–H and O–H groups in total. The van der Waals surface area contributed by atoms with Gasteiger partial charge in [0.1, 0.15) is 0 Å². The van der Waals surface area contributed by atoms with E-state index in [-0.39, 0.29) is 50.7 Å². The van der Waals surface area contributed by atoms with Crippen molar-refractivity contribution in [1.82, 2.24) is 0 Å². The molecule has 304 valence electrons. The summed E-state index contributed by atoms with van der Waals surface area (Å²) < 4.78 is 166. The quantitative estimate of drug-likeness (QED) is 0.185. The summed E-state index contributed by atoms with van der Waals surface area (Å²) in [5.74, 6) is -4.32. The molecule has 4 aliphatic carbocycles. The molecular formula is C36H40F12O6. The SMILES string of the molecule is O[C@H]1[C@@H]2C[C@@H](C[C@@H]2CC(O)(C(F)(F)F)C(F)(F)F)[C@@H]1OCc1ccccc1.O[C@H]1[C@@H]2C[C@@H](C[C@@H]2CC(O)(C(F)(F)F)C(F)(F)F)[C@@H]1OCc1ccccc1. The highest BCUT2D eigenvalue weighted by Crippen LogP contribution is 2.58. The maximum absolute atomic E-state index is 12.9. The third-order valence-electron chi connectivity index (χ3n) is 11.6. The lowest BCUT2D eigenvalue weighted by atomic mass is 9.77. The highest BCUT2D eigenvalue weighted by atomic mass is 19.4. The summed E-state index contributed by atoms with van der Waals surface area (Å²) in [6, 6.07) is 18.1. The van der Waals surface area contributed by atoms with Gasteiger partial charge in [-0.1, -0.05) is 60.7 Å². The van der Waals surface area contributed by atoms with Gasteiger partial charge in [0.15, 0.2) is 0 Å². The summed E-state index contributed by atoms with van der Waals surface area (Å²) in [5, 5.41) is 39.6. The van der Waals surface area contributed by atoms with Gasteiger partial charge in [-0.2, -0.15) is 52.7 Å². The van der Waals surface area contributed by atoms with Crippen LogP contribution in [0.25, 0.3) is 0 Å². The fraction of sp³-hybridized carbons (Fsp3) is 0.667. The zero-order chi connectivity index (χ0) is 40.1. The lowest BCUT2D eigenvalue weighted by molar-refractivity contribution is -0.374. The third kappa shape index (κ3) is 8.38. The molecule has 0 spiro atoms. The second kappa shape index (κ2) is 15.4. The first-order valence-corrected chi connectivity index (χ1v) is 17.3. The van der Waals surface area contributed by atoms with Crippen LogP contribution in [0, 0.1) is 35.5 Å². The van der Waals surface area contributed by atoms with Crippen LogP contribution in [-0.2, 0) is 22.7 Å². The van der Waals surface area contributed by atoms with E-state index < -0.39 is 96.8 Å². The van der Waals surface area contributed by atoms with Crippen LogP contribution in [0.3, 0.4) is 0 Å². The topological polar surface area (TPSA) is 99.4 Å². The number of alkyl halides is 12. The Hall–Kier alpha value is -2.64. The average molecular weight is 797 g/mol. The molecule has 2 aromatic rings. The van der Waals surface area contributed by atoms with E-state index in [1.807, 2.05) is 36.4 Å². The maximum atomic E-state index is 12.9. The number of ether oxygens (including phenoxy) is 2. The summed E-state index contributed by atoms with van der Waals surface area (Å²) in [6.45, 7) is 0.400. The maximum Gasteiger partial charge on any atom is 0.426 e. The Kier molecular flexibility index (Phi) is 12.1.